The van der Waals surface area contributed by atoms with E-state index in [4.69, 9.17) is 0 Å². The summed E-state index contributed by atoms with van der Waals surface area (Å²) < 4.78 is 0. The fraction of sp³-hybridized carbons (Fsp3) is 0.588. The predicted molar refractivity (Wildman–Crippen MR) is 86.8 cm³/mol. The third-order valence-electron chi connectivity index (χ3n) is 4.68. The number of benzene rings is 1. The van der Waals surface area contributed by atoms with Gasteiger partial charge in [0.2, 0.25) is 5.91 Å². The number of fused-ring (bicyclic) bond motifs is 1. The van der Waals surface area contributed by atoms with Gasteiger partial charge in [-0.05, 0) is 51.8 Å². The van der Waals surface area contributed by atoms with Gasteiger partial charge in [-0.2, -0.15) is 0 Å². The fourth-order valence-electron chi connectivity index (χ4n) is 3.50. The highest BCUT2D eigenvalue weighted by Crippen LogP contribution is 2.38. The van der Waals surface area contributed by atoms with E-state index in [1.165, 1.54) is 18.5 Å². The molecule has 2 N–H and O–H groups in total. The van der Waals surface area contributed by atoms with Gasteiger partial charge in [0.15, 0.2) is 0 Å². The number of nitrogens with one attached hydrogen (secondary N) is 2. The Labute approximate surface area is 126 Å². The van der Waals surface area contributed by atoms with Crippen molar-refractivity contribution in [1.29, 1.82) is 0 Å². The second kappa shape index (κ2) is 5.34. The van der Waals surface area contributed by atoms with Crippen LogP contribution in [-0.2, 0) is 4.79 Å². The number of rotatable bonds is 4. The fourth-order valence-corrected chi connectivity index (χ4v) is 3.50. The quantitative estimate of drug-likeness (QED) is 0.894. The minimum absolute atomic E-state index is 0.0660. The second-order valence-electron chi connectivity index (χ2n) is 6.72. The van der Waals surface area contributed by atoms with Crippen molar-refractivity contribution < 1.29 is 4.79 Å². The van der Waals surface area contributed by atoms with Crippen LogP contribution in [0, 0.1) is 0 Å². The molecular weight excluding hydrogens is 262 g/mol. The summed E-state index contributed by atoms with van der Waals surface area (Å²) in [6.45, 7) is 8.64. The highest BCUT2D eigenvalue weighted by Gasteiger charge is 2.34. The topological polar surface area (TPSA) is 44.4 Å². The highest BCUT2D eigenvalue weighted by molar-refractivity contribution is 6.03. The number of carbonyl (C=O) groups is 1. The number of hydrogen-bond acceptors (Lipinski definition) is 3. The van der Waals surface area contributed by atoms with E-state index >= 15 is 0 Å². The number of amides is 1. The molecule has 114 valence electrons. The molecule has 0 aliphatic carbocycles. The van der Waals surface area contributed by atoms with Crippen LogP contribution in [0.5, 0.6) is 0 Å². The first-order valence-electron chi connectivity index (χ1n) is 7.99. The lowest BCUT2D eigenvalue weighted by molar-refractivity contribution is -0.117. The van der Waals surface area contributed by atoms with Crippen molar-refractivity contribution in [3.05, 3.63) is 23.8 Å². The number of anilines is 2. The molecule has 21 heavy (non-hydrogen) atoms. The molecule has 1 amide bonds. The Hall–Kier alpha value is -1.55. The summed E-state index contributed by atoms with van der Waals surface area (Å²) in [6, 6.07) is 6.20. The molecule has 0 bridgehead atoms. The average Bonchev–Trinajstić information content (AvgIpc) is 2.94. The number of nitrogens with zero attached hydrogens (tertiary/aromatic N) is 1. The van der Waals surface area contributed by atoms with Gasteiger partial charge in [0, 0.05) is 29.0 Å². The first-order chi connectivity index (χ1) is 10.0. The van der Waals surface area contributed by atoms with E-state index in [9.17, 15) is 4.79 Å². The van der Waals surface area contributed by atoms with Crippen LogP contribution in [0.3, 0.4) is 0 Å². The maximum Gasteiger partial charge on any atom is 0.246 e. The first kappa shape index (κ1) is 14.4. The first-order valence-corrected chi connectivity index (χ1v) is 7.99. The Bertz CT molecular complexity index is 553. The maximum atomic E-state index is 12.1. The molecule has 3 rings (SSSR count). The molecule has 1 fully saturated rings. The third kappa shape index (κ3) is 2.53. The van der Waals surface area contributed by atoms with Gasteiger partial charge in [-0.1, -0.05) is 13.0 Å². The van der Waals surface area contributed by atoms with Crippen LogP contribution in [0.2, 0.25) is 0 Å². The van der Waals surface area contributed by atoms with Crippen LogP contribution in [0.25, 0.3) is 0 Å². The van der Waals surface area contributed by atoms with Gasteiger partial charge in [-0.15, -0.1) is 0 Å². The average molecular weight is 287 g/mol. The minimum atomic E-state index is -0.194. The highest BCUT2D eigenvalue weighted by atomic mass is 16.2. The maximum absolute atomic E-state index is 12.1. The summed E-state index contributed by atoms with van der Waals surface area (Å²) in [5.41, 5.74) is 3.46. The minimum Gasteiger partial charge on any atom is -0.366 e. The Morgan fingerprint density at radius 2 is 2.24 bits per heavy atom. The van der Waals surface area contributed by atoms with Crippen LogP contribution in [0.15, 0.2) is 18.2 Å². The summed E-state index contributed by atoms with van der Waals surface area (Å²) in [4.78, 5) is 14.6. The van der Waals surface area contributed by atoms with Crippen LogP contribution in [0.4, 0.5) is 11.4 Å². The van der Waals surface area contributed by atoms with Crippen LogP contribution < -0.4 is 15.5 Å². The Kier molecular flexibility index (Phi) is 3.66. The summed E-state index contributed by atoms with van der Waals surface area (Å²) in [5, 5.41) is 6.34. The zero-order valence-corrected chi connectivity index (χ0v) is 13.2. The van der Waals surface area contributed by atoms with Crippen LogP contribution >= 0.6 is 0 Å². The van der Waals surface area contributed by atoms with Crippen molar-refractivity contribution in [3.8, 4) is 0 Å². The zero-order valence-electron chi connectivity index (χ0n) is 13.2. The lowest BCUT2D eigenvalue weighted by atomic mass is 10.0. The van der Waals surface area contributed by atoms with Crippen LogP contribution in [-0.4, -0.2) is 24.5 Å². The molecule has 1 aromatic carbocycles. The molecular formula is C17H25N3O. The molecule has 0 spiro atoms. The molecule has 4 nitrogen and oxygen atoms in total. The van der Waals surface area contributed by atoms with Gasteiger partial charge in [-0.25, -0.2) is 0 Å². The molecule has 1 atom stereocenters. The molecule has 2 aliphatic heterocycles. The lowest BCUT2D eigenvalue weighted by Crippen LogP contribution is -2.38. The zero-order chi connectivity index (χ0) is 15.0. The van der Waals surface area contributed by atoms with E-state index in [1.54, 1.807) is 0 Å². The molecule has 0 saturated carbocycles. The molecule has 0 radical (unpaired) electrons. The van der Waals surface area contributed by atoms with Crippen molar-refractivity contribution in [3.63, 3.8) is 0 Å². The number of carbonyl (C=O) groups excluding carboxylic acids is 1. The van der Waals surface area contributed by atoms with Crippen molar-refractivity contribution in [2.45, 2.75) is 51.6 Å². The molecule has 2 heterocycles. The normalized spacial score (nSPS) is 23.3. The van der Waals surface area contributed by atoms with Gasteiger partial charge in [0.1, 0.15) is 6.04 Å². The van der Waals surface area contributed by atoms with E-state index in [-0.39, 0.29) is 17.5 Å². The monoisotopic (exact) mass is 287 g/mol. The summed E-state index contributed by atoms with van der Waals surface area (Å²) in [7, 11) is 0. The van der Waals surface area contributed by atoms with Gasteiger partial charge < -0.3 is 15.5 Å². The Morgan fingerprint density at radius 3 is 2.90 bits per heavy atom. The summed E-state index contributed by atoms with van der Waals surface area (Å²) in [6.07, 6.45) is 3.48. The molecule has 0 aromatic heterocycles. The molecule has 1 aromatic rings. The van der Waals surface area contributed by atoms with Gasteiger partial charge in [0.25, 0.3) is 0 Å². The van der Waals surface area contributed by atoms with E-state index in [0.717, 1.165) is 30.8 Å². The van der Waals surface area contributed by atoms with E-state index in [1.807, 2.05) is 0 Å². The molecule has 4 heteroatoms. The van der Waals surface area contributed by atoms with Crippen molar-refractivity contribution in [1.82, 2.24) is 5.32 Å². The van der Waals surface area contributed by atoms with Gasteiger partial charge in [-0.3, -0.25) is 4.79 Å². The van der Waals surface area contributed by atoms with Crippen molar-refractivity contribution in [2.75, 3.05) is 23.3 Å². The van der Waals surface area contributed by atoms with E-state index in [0.29, 0.717) is 0 Å². The van der Waals surface area contributed by atoms with E-state index < -0.39 is 0 Å². The van der Waals surface area contributed by atoms with Crippen molar-refractivity contribution >= 4 is 17.3 Å². The predicted octanol–water partition coefficient (Wildman–Crippen LogP) is 3.06. The lowest BCUT2D eigenvalue weighted by Gasteiger charge is -2.34. The second-order valence-corrected chi connectivity index (χ2v) is 6.72. The van der Waals surface area contributed by atoms with Gasteiger partial charge in [0.05, 0.1) is 0 Å². The molecule has 1 unspecified atom stereocenters. The van der Waals surface area contributed by atoms with Crippen LogP contribution in [0.1, 0.15) is 51.6 Å². The van der Waals surface area contributed by atoms with Crippen molar-refractivity contribution in [2.24, 2.45) is 0 Å². The summed E-state index contributed by atoms with van der Waals surface area (Å²) in [5.74, 6) is 0.0660. The molecule has 1 saturated heterocycles. The SMILES string of the molecule is CCCNC1C(=O)Nc2cc(N3CCCC3(C)C)ccc21. The largest absolute Gasteiger partial charge is 0.366 e. The van der Waals surface area contributed by atoms with Gasteiger partial charge >= 0.3 is 0 Å². The third-order valence-corrected chi connectivity index (χ3v) is 4.68. The standard InChI is InChI=1S/C17H25N3O/c1-4-9-18-15-13-7-6-12(11-14(13)19-16(15)21)20-10-5-8-17(20,2)3/h6-7,11,15,18H,4-5,8-10H2,1-3H3,(H,19,21). The Morgan fingerprint density at radius 1 is 1.43 bits per heavy atom. The van der Waals surface area contributed by atoms with E-state index in [2.05, 4.69) is 54.5 Å². The number of hydrogen-bond donors (Lipinski definition) is 2. The molecule has 2 aliphatic rings. The smallest absolute Gasteiger partial charge is 0.246 e. The summed E-state index contributed by atoms with van der Waals surface area (Å²) >= 11 is 0. The Balaban J connectivity index is 1.86.